The predicted molar refractivity (Wildman–Crippen MR) is 82.0 cm³/mol. The monoisotopic (exact) mass is 353 g/mol. The molecule has 1 rings (SSSR count). The number of amides is 2. The molecule has 0 radical (unpaired) electrons. The summed E-state index contributed by atoms with van der Waals surface area (Å²) in [5, 5.41) is 2.45. The Morgan fingerprint density at radius 2 is 2.00 bits per heavy atom. The Morgan fingerprint density at radius 3 is 2.50 bits per heavy atom. The number of nitrogens with two attached hydrogens (primary N) is 1. The molecule has 1 aliphatic rings. The fourth-order valence-corrected chi connectivity index (χ4v) is 2.75. The first-order chi connectivity index (χ1) is 11.1. The van der Waals surface area contributed by atoms with Gasteiger partial charge in [0.25, 0.3) is 0 Å². The standard InChI is InChI=1S/C15H26F3N3O3/c1-9(2)11(7-15(16,17)18)20-13(22)12-5-4-6-21(12)14(23)10(19)8-24-3/h9-12H,4-8,19H2,1-3H3,(H,20,22)/t10-,11?,12?/m0/s1. The fourth-order valence-electron chi connectivity index (χ4n) is 2.75. The molecule has 1 heterocycles. The van der Waals surface area contributed by atoms with Crippen LogP contribution >= 0.6 is 0 Å². The summed E-state index contributed by atoms with van der Waals surface area (Å²) in [6, 6.07) is -2.70. The Balaban J connectivity index is 2.75. The number of methoxy groups -OCH3 is 1. The lowest BCUT2D eigenvalue weighted by Crippen LogP contribution is -2.54. The third kappa shape index (κ3) is 5.94. The lowest BCUT2D eigenvalue weighted by molar-refractivity contribution is -0.148. The number of rotatable bonds is 7. The van der Waals surface area contributed by atoms with E-state index in [-0.39, 0.29) is 12.5 Å². The lowest BCUT2D eigenvalue weighted by atomic mass is 10.00. The summed E-state index contributed by atoms with van der Waals surface area (Å²) in [5.74, 6) is -1.36. The normalized spacial score (nSPS) is 21.0. The van der Waals surface area contributed by atoms with Gasteiger partial charge in [0.15, 0.2) is 0 Å². The minimum absolute atomic E-state index is 0.0202. The Bertz CT molecular complexity index is 443. The van der Waals surface area contributed by atoms with E-state index in [1.165, 1.54) is 12.0 Å². The van der Waals surface area contributed by atoms with E-state index in [4.69, 9.17) is 10.5 Å². The quantitative estimate of drug-likeness (QED) is 0.716. The number of alkyl halides is 3. The molecule has 0 aromatic heterocycles. The van der Waals surface area contributed by atoms with E-state index in [9.17, 15) is 22.8 Å². The van der Waals surface area contributed by atoms with Gasteiger partial charge in [0, 0.05) is 19.7 Å². The molecule has 24 heavy (non-hydrogen) atoms. The molecule has 6 nitrogen and oxygen atoms in total. The molecular weight excluding hydrogens is 327 g/mol. The van der Waals surface area contributed by atoms with Crippen LogP contribution < -0.4 is 11.1 Å². The number of carbonyl (C=O) groups excluding carboxylic acids is 2. The van der Waals surface area contributed by atoms with Gasteiger partial charge < -0.3 is 20.7 Å². The molecule has 140 valence electrons. The van der Waals surface area contributed by atoms with Crippen LogP contribution in [0.2, 0.25) is 0 Å². The summed E-state index contributed by atoms with van der Waals surface area (Å²) >= 11 is 0. The smallest absolute Gasteiger partial charge is 0.383 e. The maximum atomic E-state index is 12.6. The summed E-state index contributed by atoms with van der Waals surface area (Å²) in [7, 11) is 1.41. The van der Waals surface area contributed by atoms with Crippen molar-refractivity contribution in [2.75, 3.05) is 20.3 Å². The van der Waals surface area contributed by atoms with E-state index in [0.29, 0.717) is 19.4 Å². The van der Waals surface area contributed by atoms with Crippen molar-refractivity contribution < 1.29 is 27.5 Å². The highest BCUT2D eigenvalue weighted by atomic mass is 19.4. The Kier molecular flexibility index (Phi) is 7.47. The van der Waals surface area contributed by atoms with Crippen molar-refractivity contribution in [3.8, 4) is 0 Å². The van der Waals surface area contributed by atoms with Crippen LogP contribution in [0.3, 0.4) is 0 Å². The van der Waals surface area contributed by atoms with Gasteiger partial charge in [-0.2, -0.15) is 13.2 Å². The topological polar surface area (TPSA) is 84.7 Å². The molecule has 0 aromatic carbocycles. The molecule has 1 aliphatic heterocycles. The zero-order valence-corrected chi connectivity index (χ0v) is 14.2. The number of nitrogens with one attached hydrogen (secondary N) is 1. The largest absolute Gasteiger partial charge is 0.391 e. The van der Waals surface area contributed by atoms with Gasteiger partial charge in [-0.1, -0.05) is 13.8 Å². The summed E-state index contributed by atoms with van der Waals surface area (Å²) in [5.41, 5.74) is 5.71. The minimum Gasteiger partial charge on any atom is -0.383 e. The van der Waals surface area contributed by atoms with Crippen molar-refractivity contribution in [2.45, 2.75) is 57.4 Å². The number of halogens is 3. The second-order valence-electron chi connectivity index (χ2n) is 6.43. The Hall–Kier alpha value is -1.35. The zero-order valence-electron chi connectivity index (χ0n) is 14.2. The molecule has 0 aliphatic carbocycles. The third-order valence-electron chi connectivity index (χ3n) is 4.09. The molecule has 0 saturated carbocycles. The maximum absolute atomic E-state index is 12.6. The number of carbonyl (C=O) groups is 2. The van der Waals surface area contributed by atoms with E-state index in [1.54, 1.807) is 13.8 Å². The number of ether oxygens (including phenoxy) is 1. The minimum atomic E-state index is -4.37. The number of nitrogens with zero attached hydrogens (tertiary/aromatic N) is 1. The summed E-state index contributed by atoms with van der Waals surface area (Å²) in [4.78, 5) is 26.0. The van der Waals surface area contributed by atoms with Gasteiger partial charge in [-0.15, -0.1) is 0 Å². The summed E-state index contributed by atoms with van der Waals surface area (Å²) in [6.07, 6.45) is -4.45. The Morgan fingerprint density at radius 1 is 1.38 bits per heavy atom. The third-order valence-corrected chi connectivity index (χ3v) is 4.09. The highest BCUT2D eigenvalue weighted by Gasteiger charge is 2.39. The van der Waals surface area contributed by atoms with Gasteiger partial charge >= 0.3 is 6.18 Å². The van der Waals surface area contributed by atoms with E-state index in [0.717, 1.165) is 0 Å². The first-order valence-electron chi connectivity index (χ1n) is 7.99. The van der Waals surface area contributed by atoms with Crippen LogP contribution in [0.15, 0.2) is 0 Å². The van der Waals surface area contributed by atoms with Gasteiger partial charge in [0.05, 0.1) is 13.0 Å². The van der Waals surface area contributed by atoms with Crippen molar-refractivity contribution in [1.29, 1.82) is 0 Å². The van der Waals surface area contributed by atoms with Crippen molar-refractivity contribution in [1.82, 2.24) is 10.2 Å². The van der Waals surface area contributed by atoms with Crippen LogP contribution in [-0.4, -0.2) is 61.3 Å². The van der Waals surface area contributed by atoms with Gasteiger partial charge in [-0.25, -0.2) is 0 Å². The molecule has 3 N–H and O–H groups in total. The molecule has 0 bridgehead atoms. The fraction of sp³-hybridized carbons (Fsp3) is 0.867. The molecule has 0 aromatic rings. The van der Waals surface area contributed by atoms with Crippen LogP contribution in [-0.2, 0) is 14.3 Å². The molecule has 3 atom stereocenters. The number of hydrogen-bond acceptors (Lipinski definition) is 4. The highest BCUT2D eigenvalue weighted by molar-refractivity contribution is 5.90. The molecule has 1 saturated heterocycles. The SMILES string of the molecule is COC[C@H](N)C(=O)N1CCCC1C(=O)NC(CC(F)(F)F)C(C)C. The average Bonchev–Trinajstić information content (AvgIpc) is 2.93. The summed E-state index contributed by atoms with van der Waals surface area (Å²) < 4.78 is 42.8. The van der Waals surface area contributed by atoms with Crippen molar-refractivity contribution in [3.05, 3.63) is 0 Å². The molecule has 1 fully saturated rings. The van der Waals surface area contributed by atoms with E-state index in [2.05, 4.69) is 5.32 Å². The van der Waals surface area contributed by atoms with Crippen LogP contribution in [0.4, 0.5) is 13.2 Å². The zero-order chi connectivity index (χ0) is 18.5. The second kappa shape index (κ2) is 8.66. The number of likely N-dealkylation sites (tertiary alicyclic amines) is 1. The van der Waals surface area contributed by atoms with E-state index in [1.807, 2.05) is 0 Å². The molecule has 9 heteroatoms. The predicted octanol–water partition coefficient (Wildman–Crippen LogP) is 1.04. The van der Waals surface area contributed by atoms with Crippen LogP contribution in [0, 0.1) is 5.92 Å². The van der Waals surface area contributed by atoms with Gasteiger partial charge in [-0.3, -0.25) is 9.59 Å². The highest BCUT2D eigenvalue weighted by Crippen LogP contribution is 2.25. The maximum Gasteiger partial charge on any atom is 0.391 e. The van der Waals surface area contributed by atoms with E-state index < -0.39 is 42.5 Å². The van der Waals surface area contributed by atoms with Crippen molar-refractivity contribution in [3.63, 3.8) is 0 Å². The van der Waals surface area contributed by atoms with Crippen molar-refractivity contribution in [2.24, 2.45) is 11.7 Å². The van der Waals surface area contributed by atoms with Crippen LogP contribution in [0.25, 0.3) is 0 Å². The van der Waals surface area contributed by atoms with Gasteiger partial charge in [0.1, 0.15) is 12.1 Å². The molecule has 2 unspecified atom stereocenters. The van der Waals surface area contributed by atoms with Crippen LogP contribution in [0.5, 0.6) is 0 Å². The Labute approximate surface area is 139 Å². The summed E-state index contributed by atoms with van der Waals surface area (Å²) in [6.45, 7) is 3.61. The first-order valence-corrected chi connectivity index (χ1v) is 7.99. The van der Waals surface area contributed by atoms with Crippen molar-refractivity contribution >= 4 is 11.8 Å². The van der Waals surface area contributed by atoms with E-state index >= 15 is 0 Å². The number of hydrogen-bond donors (Lipinski definition) is 2. The first kappa shape index (κ1) is 20.7. The average molecular weight is 353 g/mol. The molecule has 0 spiro atoms. The molecule has 2 amide bonds. The lowest BCUT2D eigenvalue weighted by Gasteiger charge is -2.30. The molecular formula is C15H26F3N3O3. The van der Waals surface area contributed by atoms with Gasteiger partial charge in [-0.05, 0) is 18.8 Å². The van der Waals surface area contributed by atoms with Crippen LogP contribution in [0.1, 0.15) is 33.1 Å². The second-order valence-corrected chi connectivity index (χ2v) is 6.43. The van der Waals surface area contributed by atoms with Gasteiger partial charge in [0.2, 0.25) is 11.8 Å².